The number of thiophene rings is 1. The third-order valence-electron chi connectivity index (χ3n) is 4.86. The quantitative estimate of drug-likeness (QED) is 0.798. The van der Waals surface area contributed by atoms with Crippen molar-refractivity contribution in [1.82, 2.24) is 4.90 Å². The van der Waals surface area contributed by atoms with Crippen molar-refractivity contribution in [3.05, 3.63) is 47.9 Å². The zero-order chi connectivity index (χ0) is 16.5. The van der Waals surface area contributed by atoms with Gasteiger partial charge in [-0.3, -0.25) is 4.79 Å². The van der Waals surface area contributed by atoms with E-state index in [0.29, 0.717) is 19.8 Å². The fraction of sp³-hybridized carbons (Fsp3) is 0.421. The van der Waals surface area contributed by atoms with E-state index < -0.39 is 0 Å². The van der Waals surface area contributed by atoms with E-state index in [0.717, 1.165) is 27.8 Å². The Labute approximate surface area is 145 Å². The van der Waals surface area contributed by atoms with Crippen LogP contribution in [0.2, 0.25) is 0 Å². The molecule has 1 aromatic heterocycles. The first kappa shape index (κ1) is 15.8. The van der Waals surface area contributed by atoms with E-state index in [1.807, 2.05) is 23.1 Å². The second-order valence-corrected chi connectivity index (χ2v) is 7.37. The first-order chi connectivity index (χ1) is 11.8. The van der Waals surface area contributed by atoms with Crippen LogP contribution in [0.15, 0.2) is 43.0 Å². The molecule has 2 heterocycles. The average molecular weight is 343 g/mol. The van der Waals surface area contributed by atoms with Gasteiger partial charge in [0.05, 0.1) is 30.2 Å². The monoisotopic (exact) mass is 343 g/mol. The predicted octanol–water partition coefficient (Wildman–Crippen LogP) is 3.48. The second kappa shape index (κ2) is 6.67. The number of carbonyl (C=O) groups excluding carboxylic acids is 1. The van der Waals surface area contributed by atoms with Crippen LogP contribution in [0, 0.1) is 0 Å². The number of hydrogen-bond donors (Lipinski definition) is 0. The summed E-state index contributed by atoms with van der Waals surface area (Å²) >= 11 is 1.56. The number of hydrogen-bond acceptors (Lipinski definition) is 4. The van der Waals surface area contributed by atoms with Crippen molar-refractivity contribution >= 4 is 27.3 Å². The third-order valence-corrected chi connectivity index (χ3v) is 5.96. The highest BCUT2D eigenvalue weighted by atomic mass is 32.1. The summed E-state index contributed by atoms with van der Waals surface area (Å²) in [6, 6.07) is 10.2. The molecule has 2 aromatic rings. The molecule has 1 saturated carbocycles. The van der Waals surface area contributed by atoms with Gasteiger partial charge in [0.1, 0.15) is 6.10 Å². The van der Waals surface area contributed by atoms with Gasteiger partial charge in [0.2, 0.25) is 0 Å². The Balaban J connectivity index is 1.61. The molecular weight excluding hydrogens is 322 g/mol. The molecule has 1 saturated heterocycles. The Morgan fingerprint density at radius 3 is 3.12 bits per heavy atom. The fourth-order valence-corrected chi connectivity index (χ4v) is 4.79. The Morgan fingerprint density at radius 1 is 1.42 bits per heavy atom. The Morgan fingerprint density at radius 2 is 2.29 bits per heavy atom. The molecule has 2 aliphatic rings. The van der Waals surface area contributed by atoms with Gasteiger partial charge >= 0.3 is 0 Å². The summed E-state index contributed by atoms with van der Waals surface area (Å²) in [4.78, 5) is 15.9. The Bertz CT molecular complexity index is 723. The summed E-state index contributed by atoms with van der Waals surface area (Å²) in [5.74, 6) is 0.0968. The van der Waals surface area contributed by atoms with Crippen LogP contribution in [-0.2, 0) is 9.47 Å². The highest BCUT2D eigenvalue weighted by Crippen LogP contribution is 2.34. The minimum atomic E-state index is -0.0520. The lowest BCUT2D eigenvalue weighted by atomic mass is 10.1. The number of benzene rings is 1. The summed E-state index contributed by atoms with van der Waals surface area (Å²) < 4.78 is 13.0. The van der Waals surface area contributed by atoms with Crippen LogP contribution in [-0.4, -0.2) is 48.8 Å². The zero-order valence-electron chi connectivity index (χ0n) is 13.5. The molecule has 1 aliphatic heterocycles. The lowest BCUT2D eigenvalue weighted by Crippen LogP contribution is -2.46. The van der Waals surface area contributed by atoms with Crippen LogP contribution in [0.3, 0.4) is 0 Å². The molecule has 126 valence electrons. The maximum absolute atomic E-state index is 13.1. The van der Waals surface area contributed by atoms with Gasteiger partial charge in [0, 0.05) is 11.2 Å². The number of carbonyl (C=O) groups is 1. The van der Waals surface area contributed by atoms with E-state index in [1.54, 1.807) is 17.4 Å². The normalized spacial score (nSPS) is 26.5. The van der Waals surface area contributed by atoms with Gasteiger partial charge in [-0.05, 0) is 30.4 Å². The van der Waals surface area contributed by atoms with E-state index in [9.17, 15) is 4.79 Å². The van der Waals surface area contributed by atoms with Crippen molar-refractivity contribution in [3.63, 3.8) is 0 Å². The van der Waals surface area contributed by atoms with Gasteiger partial charge in [-0.15, -0.1) is 17.9 Å². The highest BCUT2D eigenvalue weighted by Gasteiger charge is 2.44. The predicted molar refractivity (Wildman–Crippen MR) is 95.6 cm³/mol. The van der Waals surface area contributed by atoms with Gasteiger partial charge in [-0.2, -0.15) is 0 Å². The van der Waals surface area contributed by atoms with E-state index in [2.05, 4.69) is 18.7 Å². The largest absolute Gasteiger partial charge is 0.374 e. The molecule has 0 radical (unpaired) electrons. The molecule has 4 rings (SSSR count). The number of rotatable bonds is 4. The first-order valence-electron chi connectivity index (χ1n) is 8.41. The fourth-order valence-electron chi connectivity index (χ4n) is 3.77. The number of fused-ring (bicyclic) bond motifs is 3. The van der Waals surface area contributed by atoms with Gasteiger partial charge in [-0.25, -0.2) is 0 Å². The van der Waals surface area contributed by atoms with Crippen LogP contribution in [0.1, 0.15) is 22.5 Å². The van der Waals surface area contributed by atoms with Crippen molar-refractivity contribution in [1.29, 1.82) is 0 Å². The molecular formula is C19H21NO3S. The molecule has 2 bridgehead atoms. The lowest BCUT2D eigenvalue weighted by molar-refractivity contribution is -0.0434. The molecule has 2 fully saturated rings. The molecule has 24 heavy (non-hydrogen) atoms. The van der Waals surface area contributed by atoms with Crippen LogP contribution in [0.4, 0.5) is 0 Å². The van der Waals surface area contributed by atoms with Gasteiger partial charge < -0.3 is 14.4 Å². The van der Waals surface area contributed by atoms with Crippen molar-refractivity contribution in [3.8, 4) is 0 Å². The molecule has 1 aromatic carbocycles. The maximum Gasteiger partial charge on any atom is 0.264 e. The van der Waals surface area contributed by atoms with E-state index in [4.69, 9.17) is 9.47 Å². The van der Waals surface area contributed by atoms with Gasteiger partial charge in [-0.1, -0.05) is 24.3 Å². The van der Waals surface area contributed by atoms with E-state index in [-0.39, 0.29) is 24.2 Å². The minimum absolute atomic E-state index is 0.0520. The topological polar surface area (TPSA) is 38.8 Å². The van der Waals surface area contributed by atoms with E-state index in [1.165, 1.54) is 0 Å². The smallest absolute Gasteiger partial charge is 0.264 e. The maximum atomic E-state index is 13.1. The van der Waals surface area contributed by atoms with Crippen molar-refractivity contribution in [2.45, 2.75) is 31.1 Å². The summed E-state index contributed by atoms with van der Waals surface area (Å²) in [5, 5.41) is 1.13. The molecule has 3 unspecified atom stereocenters. The highest BCUT2D eigenvalue weighted by molar-refractivity contribution is 7.20. The zero-order valence-corrected chi connectivity index (χ0v) is 14.3. The first-order valence-corrected chi connectivity index (χ1v) is 9.23. The summed E-state index contributed by atoms with van der Waals surface area (Å²) in [7, 11) is 0. The Hall–Kier alpha value is -1.69. The Kier molecular flexibility index (Phi) is 4.39. The average Bonchev–Trinajstić information content (AvgIpc) is 3.13. The second-order valence-electron chi connectivity index (χ2n) is 6.29. The van der Waals surface area contributed by atoms with Crippen LogP contribution < -0.4 is 0 Å². The molecule has 4 nitrogen and oxygen atoms in total. The SMILES string of the molecule is C=CCOC1C2CCC1N(C(=O)c1cc3ccccc3s1)CCO2. The molecule has 1 aliphatic carbocycles. The number of ether oxygens (including phenoxy) is 2. The molecule has 0 spiro atoms. The molecule has 5 heteroatoms. The van der Waals surface area contributed by atoms with Gasteiger partial charge in [0.15, 0.2) is 0 Å². The minimum Gasteiger partial charge on any atom is -0.374 e. The standard InChI is InChI=1S/C19H21NO3S/c1-2-10-23-18-14-7-8-15(18)22-11-9-20(14)19(21)17-12-13-5-3-4-6-16(13)24-17/h2-6,12,14-15,18H,1,7-11H2. The van der Waals surface area contributed by atoms with E-state index >= 15 is 0 Å². The number of amides is 1. The van der Waals surface area contributed by atoms with Crippen LogP contribution in [0.5, 0.6) is 0 Å². The summed E-state index contributed by atoms with van der Waals surface area (Å²) in [6.45, 7) is 5.41. The van der Waals surface area contributed by atoms with Crippen molar-refractivity contribution in [2.75, 3.05) is 19.8 Å². The summed E-state index contributed by atoms with van der Waals surface area (Å²) in [5.41, 5.74) is 0. The number of nitrogens with zero attached hydrogens (tertiary/aromatic N) is 1. The molecule has 3 atom stereocenters. The van der Waals surface area contributed by atoms with Crippen LogP contribution in [0.25, 0.3) is 10.1 Å². The lowest BCUT2D eigenvalue weighted by Gasteiger charge is -2.30. The molecule has 0 N–H and O–H groups in total. The van der Waals surface area contributed by atoms with Crippen molar-refractivity contribution in [2.24, 2.45) is 0 Å². The van der Waals surface area contributed by atoms with Gasteiger partial charge in [0.25, 0.3) is 5.91 Å². The molecule has 1 amide bonds. The third kappa shape index (κ3) is 2.77. The summed E-state index contributed by atoms with van der Waals surface area (Å²) in [6.07, 6.45) is 3.67. The van der Waals surface area contributed by atoms with Crippen molar-refractivity contribution < 1.29 is 14.3 Å². The van der Waals surface area contributed by atoms with Crippen LogP contribution >= 0.6 is 11.3 Å².